The second-order valence-corrected chi connectivity index (χ2v) is 9.95. The first-order valence-corrected chi connectivity index (χ1v) is 13.6. The second-order valence-electron chi connectivity index (χ2n) is 9.06. The number of hydrogen-bond donors (Lipinski definition) is 1. The van der Waals surface area contributed by atoms with Gasteiger partial charge in [-0.1, -0.05) is 0 Å². The molecule has 4 heterocycles. The molecule has 0 aliphatic rings. The number of hydrogen-bond acceptors (Lipinski definition) is 8. The van der Waals surface area contributed by atoms with Crippen LogP contribution in [0.3, 0.4) is 0 Å². The van der Waals surface area contributed by atoms with Crippen LogP contribution in [0.5, 0.6) is 17.2 Å². The van der Waals surface area contributed by atoms with Gasteiger partial charge in [0.05, 0.1) is 28.5 Å². The number of carbonyl (C=O) groups is 1. The molecule has 0 saturated carbocycles. The zero-order chi connectivity index (χ0) is 30.1. The first-order valence-electron chi connectivity index (χ1n) is 12.8. The third kappa shape index (κ3) is 5.50. The number of pyridine rings is 1. The second kappa shape index (κ2) is 11.3. The molecule has 6 rings (SSSR count). The maximum absolute atomic E-state index is 15.1. The summed E-state index contributed by atoms with van der Waals surface area (Å²) < 4.78 is 43.1. The summed E-state index contributed by atoms with van der Waals surface area (Å²) in [5.41, 5.74) is 1.56. The van der Waals surface area contributed by atoms with Gasteiger partial charge in [-0.05, 0) is 55.5 Å². The minimum Gasteiger partial charge on any atom is -0.452 e. The average molecular weight is 603 g/mol. The van der Waals surface area contributed by atoms with Gasteiger partial charge >= 0.3 is 17.3 Å². The molecule has 0 atom stereocenters. The highest BCUT2D eigenvalue weighted by molar-refractivity contribution is 7.13. The number of anilines is 1. The number of aromatic nitrogens is 5. The van der Waals surface area contributed by atoms with Crippen molar-refractivity contribution in [2.45, 2.75) is 13.5 Å². The molecule has 14 heteroatoms. The van der Waals surface area contributed by atoms with E-state index in [1.54, 1.807) is 41.5 Å². The fourth-order valence-electron chi connectivity index (χ4n) is 4.29. The Morgan fingerprint density at radius 3 is 2.53 bits per heavy atom. The van der Waals surface area contributed by atoms with Gasteiger partial charge in [-0.2, -0.15) is 5.10 Å². The standard InChI is InChI=1S/C29H20F2N6O5S/c1-2-35-15-25(27(38)37(29(35)40)20-6-3-18(30)4-7-20)42-28(39)34-19-5-8-23(21(31)12-19)41-24-11-17(26-13-32-16-43-26)14-36-22(24)9-10-33-36/h3-16H,2H2,1H3,(H,34,39). The van der Waals surface area contributed by atoms with E-state index in [9.17, 15) is 18.8 Å². The van der Waals surface area contributed by atoms with Crippen LogP contribution in [-0.4, -0.2) is 29.8 Å². The molecule has 0 radical (unpaired) electrons. The van der Waals surface area contributed by atoms with E-state index in [1.165, 1.54) is 35.6 Å². The fourth-order valence-corrected chi connectivity index (χ4v) is 4.89. The van der Waals surface area contributed by atoms with Crippen LogP contribution in [-0.2, 0) is 6.54 Å². The molecular formula is C29H20F2N6O5S. The number of aryl methyl sites for hydroxylation is 1. The van der Waals surface area contributed by atoms with Crippen molar-refractivity contribution in [3.8, 4) is 33.4 Å². The maximum atomic E-state index is 15.1. The van der Waals surface area contributed by atoms with Gasteiger partial charge < -0.3 is 9.47 Å². The largest absolute Gasteiger partial charge is 0.452 e. The van der Waals surface area contributed by atoms with Crippen molar-refractivity contribution >= 4 is 28.6 Å². The fraction of sp³-hybridized carbons (Fsp3) is 0.0690. The van der Waals surface area contributed by atoms with Gasteiger partial charge in [-0.3, -0.25) is 19.7 Å². The lowest BCUT2D eigenvalue weighted by atomic mass is 10.2. The van der Waals surface area contributed by atoms with Crippen molar-refractivity contribution in [2.24, 2.45) is 0 Å². The lowest BCUT2D eigenvalue weighted by Crippen LogP contribution is -2.39. The van der Waals surface area contributed by atoms with Crippen LogP contribution in [0.15, 0.2) is 94.5 Å². The molecular weight excluding hydrogens is 582 g/mol. The number of rotatable bonds is 7. The molecule has 2 aromatic carbocycles. The Kier molecular flexibility index (Phi) is 7.26. The van der Waals surface area contributed by atoms with Gasteiger partial charge in [-0.15, -0.1) is 11.3 Å². The minimum absolute atomic E-state index is 0.0189. The van der Waals surface area contributed by atoms with E-state index in [4.69, 9.17) is 9.47 Å². The molecule has 0 aliphatic heterocycles. The molecule has 11 nitrogen and oxygen atoms in total. The van der Waals surface area contributed by atoms with Crippen molar-refractivity contribution in [3.05, 3.63) is 117 Å². The smallest absolute Gasteiger partial charge is 0.417 e. The average Bonchev–Trinajstić information content (AvgIpc) is 3.70. The molecule has 0 aliphatic carbocycles. The number of nitrogens with zero attached hydrogens (tertiary/aromatic N) is 5. The summed E-state index contributed by atoms with van der Waals surface area (Å²) in [6.07, 6.45) is 5.10. The molecule has 0 bridgehead atoms. The molecule has 6 aromatic rings. The van der Waals surface area contributed by atoms with E-state index < -0.39 is 34.7 Å². The van der Waals surface area contributed by atoms with Crippen LogP contribution in [0.1, 0.15) is 6.92 Å². The number of benzene rings is 2. The van der Waals surface area contributed by atoms with Crippen molar-refractivity contribution in [3.63, 3.8) is 0 Å². The maximum Gasteiger partial charge on any atom is 0.417 e. The number of thiazole rings is 1. The number of ether oxygens (including phenoxy) is 2. The first kappa shape index (κ1) is 27.5. The summed E-state index contributed by atoms with van der Waals surface area (Å²) >= 11 is 1.43. The summed E-state index contributed by atoms with van der Waals surface area (Å²) in [7, 11) is 0. The third-order valence-electron chi connectivity index (χ3n) is 6.34. The Labute approximate surface area is 244 Å². The number of fused-ring (bicyclic) bond motifs is 1. The molecule has 216 valence electrons. The Hall–Kier alpha value is -5.63. The SMILES string of the molecule is CCn1cc(OC(=O)Nc2ccc(Oc3cc(-c4cncs4)cn4nccc34)c(F)c2)c(=O)n(-c2ccc(F)cc2)c1=O. The molecule has 43 heavy (non-hydrogen) atoms. The molecule has 0 saturated heterocycles. The van der Waals surface area contributed by atoms with Gasteiger partial charge in [-0.25, -0.2) is 27.5 Å². The summed E-state index contributed by atoms with van der Waals surface area (Å²) in [4.78, 5) is 43.5. The van der Waals surface area contributed by atoms with E-state index in [0.717, 1.165) is 44.0 Å². The molecule has 1 N–H and O–H groups in total. The number of carbonyl (C=O) groups excluding carboxylic acids is 1. The molecule has 0 fully saturated rings. The molecule has 0 spiro atoms. The highest BCUT2D eigenvalue weighted by Gasteiger charge is 2.18. The van der Waals surface area contributed by atoms with Crippen LogP contribution in [0.4, 0.5) is 19.3 Å². The van der Waals surface area contributed by atoms with E-state index in [1.807, 2.05) is 6.20 Å². The third-order valence-corrected chi connectivity index (χ3v) is 7.16. The summed E-state index contributed by atoms with van der Waals surface area (Å²) in [5.74, 6) is -1.56. The monoisotopic (exact) mass is 602 g/mol. The first-order chi connectivity index (χ1) is 20.8. The summed E-state index contributed by atoms with van der Waals surface area (Å²) in [5, 5.41) is 6.61. The van der Waals surface area contributed by atoms with Gasteiger partial charge in [0, 0.05) is 36.3 Å². The van der Waals surface area contributed by atoms with Crippen molar-refractivity contribution in [1.82, 2.24) is 23.7 Å². The highest BCUT2D eigenvalue weighted by Crippen LogP contribution is 2.34. The van der Waals surface area contributed by atoms with Crippen LogP contribution in [0.2, 0.25) is 0 Å². The number of nitrogens with one attached hydrogen (secondary N) is 1. The van der Waals surface area contributed by atoms with Gasteiger partial charge in [0.2, 0.25) is 5.75 Å². The normalized spacial score (nSPS) is 11.0. The molecule has 0 unspecified atom stereocenters. The minimum atomic E-state index is -1.10. The lowest BCUT2D eigenvalue weighted by Gasteiger charge is -2.13. The zero-order valence-electron chi connectivity index (χ0n) is 22.2. The van der Waals surface area contributed by atoms with E-state index in [2.05, 4.69) is 15.4 Å². The Morgan fingerprint density at radius 1 is 1.00 bits per heavy atom. The number of halogens is 2. The highest BCUT2D eigenvalue weighted by atomic mass is 32.1. The number of amides is 1. The topological polar surface area (TPSA) is 122 Å². The van der Waals surface area contributed by atoms with Gasteiger partial charge in [0.1, 0.15) is 11.3 Å². The molecule has 1 amide bonds. The van der Waals surface area contributed by atoms with Gasteiger partial charge in [0.25, 0.3) is 0 Å². The summed E-state index contributed by atoms with van der Waals surface area (Å²) in [6.45, 7) is 1.81. The van der Waals surface area contributed by atoms with Crippen molar-refractivity contribution in [1.29, 1.82) is 0 Å². The van der Waals surface area contributed by atoms with Crippen molar-refractivity contribution < 1.29 is 23.0 Å². The zero-order valence-corrected chi connectivity index (χ0v) is 23.0. The van der Waals surface area contributed by atoms with Crippen LogP contribution in [0.25, 0.3) is 21.6 Å². The predicted molar refractivity (Wildman–Crippen MR) is 154 cm³/mol. The quantitative estimate of drug-likeness (QED) is 0.257. The Morgan fingerprint density at radius 2 is 1.81 bits per heavy atom. The predicted octanol–water partition coefficient (Wildman–Crippen LogP) is 5.47. The van der Waals surface area contributed by atoms with Crippen LogP contribution >= 0.6 is 11.3 Å². The van der Waals surface area contributed by atoms with Crippen LogP contribution < -0.4 is 26.0 Å². The van der Waals surface area contributed by atoms with Gasteiger partial charge in [0.15, 0.2) is 17.3 Å². The van der Waals surface area contributed by atoms with E-state index in [-0.39, 0.29) is 23.7 Å². The molecule has 4 aromatic heterocycles. The summed E-state index contributed by atoms with van der Waals surface area (Å²) in [6, 6.07) is 11.9. The Balaban J connectivity index is 1.23. The van der Waals surface area contributed by atoms with Crippen LogP contribution in [0, 0.1) is 11.6 Å². The van der Waals surface area contributed by atoms with E-state index >= 15 is 4.39 Å². The van der Waals surface area contributed by atoms with E-state index in [0.29, 0.717) is 11.3 Å². The lowest BCUT2D eigenvalue weighted by molar-refractivity contribution is 0.213. The van der Waals surface area contributed by atoms with Crippen molar-refractivity contribution in [2.75, 3.05) is 5.32 Å². The Bertz CT molecular complexity index is 2090.